The van der Waals surface area contributed by atoms with Crippen LogP contribution >= 0.6 is 0 Å². The summed E-state index contributed by atoms with van der Waals surface area (Å²) in [6, 6.07) is 0. The molecular weight excluding hydrogens is 164 g/mol. The van der Waals surface area contributed by atoms with Crippen LogP contribution in [0.2, 0.25) is 0 Å². The van der Waals surface area contributed by atoms with Crippen LogP contribution < -0.4 is 0 Å². The van der Waals surface area contributed by atoms with E-state index in [4.69, 9.17) is 0 Å². The second-order valence-corrected chi connectivity index (χ2v) is 5.45. The SMILES string of the molecule is CC(C)(C)C([C]=O)([C]=O)C(C)(C)C. The third-order valence-electron chi connectivity index (χ3n) is 2.56. The maximum atomic E-state index is 11.0. The first kappa shape index (κ1) is 12.3. The standard InChI is InChI=1S/C11H18O2/c1-9(2,3)11(7-12,8-13)10(4,5)6/h1-6H3. The van der Waals surface area contributed by atoms with Crippen molar-refractivity contribution >= 4 is 12.6 Å². The van der Waals surface area contributed by atoms with Crippen LogP contribution in [0.3, 0.4) is 0 Å². The van der Waals surface area contributed by atoms with Gasteiger partial charge in [0.15, 0.2) is 0 Å². The van der Waals surface area contributed by atoms with Crippen LogP contribution in [0.15, 0.2) is 0 Å². The highest BCUT2D eigenvalue weighted by Crippen LogP contribution is 2.48. The summed E-state index contributed by atoms with van der Waals surface area (Å²) in [5.74, 6) is 0. The lowest BCUT2D eigenvalue weighted by Gasteiger charge is -2.44. The van der Waals surface area contributed by atoms with Crippen LogP contribution in [0.4, 0.5) is 0 Å². The van der Waals surface area contributed by atoms with Gasteiger partial charge in [0, 0.05) is 0 Å². The van der Waals surface area contributed by atoms with Crippen LogP contribution in [0.25, 0.3) is 0 Å². The minimum Gasteiger partial charge on any atom is -0.290 e. The third kappa shape index (κ3) is 1.82. The lowest BCUT2D eigenvalue weighted by Crippen LogP contribution is -2.49. The van der Waals surface area contributed by atoms with E-state index in [1.54, 1.807) is 0 Å². The molecule has 0 N–H and O–H groups in total. The molecule has 0 saturated carbocycles. The molecule has 0 fully saturated rings. The van der Waals surface area contributed by atoms with Gasteiger partial charge >= 0.3 is 0 Å². The van der Waals surface area contributed by atoms with E-state index in [0.29, 0.717) is 0 Å². The van der Waals surface area contributed by atoms with Crippen molar-refractivity contribution in [3.63, 3.8) is 0 Å². The van der Waals surface area contributed by atoms with Crippen molar-refractivity contribution in [1.82, 2.24) is 0 Å². The monoisotopic (exact) mass is 182 g/mol. The molecule has 0 heterocycles. The quantitative estimate of drug-likeness (QED) is 0.614. The summed E-state index contributed by atoms with van der Waals surface area (Å²) in [5.41, 5.74) is -2.05. The van der Waals surface area contributed by atoms with E-state index >= 15 is 0 Å². The Balaban J connectivity index is 5.43. The molecule has 13 heavy (non-hydrogen) atoms. The number of hydrogen-bond acceptors (Lipinski definition) is 2. The summed E-state index contributed by atoms with van der Waals surface area (Å²) in [7, 11) is 0. The van der Waals surface area contributed by atoms with Gasteiger partial charge in [0.25, 0.3) is 0 Å². The van der Waals surface area contributed by atoms with Crippen LogP contribution in [0.1, 0.15) is 41.5 Å². The van der Waals surface area contributed by atoms with Gasteiger partial charge < -0.3 is 0 Å². The molecule has 0 aromatic carbocycles. The molecule has 2 radical (unpaired) electrons. The van der Waals surface area contributed by atoms with E-state index in [-0.39, 0.29) is 0 Å². The van der Waals surface area contributed by atoms with Crippen LogP contribution in [0, 0.1) is 16.2 Å². The summed E-state index contributed by atoms with van der Waals surface area (Å²) in [4.78, 5) is 21.9. The summed E-state index contributed by atoms with van der Waals surface area (Å²) in [6.45, 7) is 11.1. The third-order valence-corrected chi connectivity index (χ3v) is 2.56. The normalized spacial score (nSPS) is 14.0. The van der Waals surface area contributed by atoms with Crippen molar-refractivity contribution in [1.29, 1.82) is 0 Å². The van der Waals surface area contributed by atoms with E-state index in [2.05, 4.69) is 0 Å². The minimum absolute atomic E-state index is 0.450. The molecule has 0 amide bonds. The maximum Gasteiger partial charge on any atom is 0.214 e. The molecular formula is C11H18O2. The summed E-state index contributed by atoms with van der Waals surface area (Å²) < 4.78 is 0. The molecule has 0 aliphatic carbocycles. The zero-order chi connectivity index (χ0) is 10.9. The van der Waals surface area contributed by atoms with Crippen molar-refractivity contribution < 1.29 is 9.59 Å². The highest BCUT2D eigenvalue weighted by molar-refractivity contribution is 5.86. The van der Waals surface area contributed by atoms with Crippen molar-refractivity contribution in [2.45, 2.75) is 41.5 Å². The van der Waals surface area contributed by atoms with Gasteiger partial charge in [-0.25, -0.2) is 0 Å². The van der Waals surface area contributed by atoms with E-state index in [9.17, 15) is 9.59 Å². The van der Waals surface area contributed by atoms with Gasteiger partial charge in [0.05, 0.1) is 0 Å². The van der Waals surface area contributed by atoms with Crippen molar-refractivity contribution in [3.05, 3.63) is 0 Å². The summed E-state index contributed by atoms with van der Waals surface area (Å²) >= 11 is 0. The second-order valence-electron chi connectivity index (χ2n) is 5.45. The van der Waals surface area contributed by atoms with Gasteiger partial charge in [-0.1, -0.05) is 41.5 Å². The molecule has 2 heteroatoms. The zero-order valence-corrected chi connectivity index (χ0v) is 9.32. The second kappa shape index (κ2) is 3.24. The predicted octanol–water partition coefficient (Wildman–Crippen LogP) is 2.28. The number of hydrogen-bond donors (Lipinski definition) is 0. The molecule has 0 unspecified atom stereocenters. The van der Waals surface area contributed by atoms with E-state index in [1.165, 1.54) is 0 Å². The lowest BCUT2D eigenvalue weighted by atomic mass is 9.56. The molecule has 0 aromatic heterocycles. The summed E-state index contributed by atoms with van der Waals surface area (Å²) in [6.07, 6.45) is 3.74. The molecule has 2 nitrogen and oxygen atoms in total. The minimum atomic E-state index is -1.15. The Hall–Kier alpha value is -0.660. The Morgan fingerprint density at radius 1 is 0.692 bits per heavy atom. The number of carbonyl (C=O) groups excluding carboxylic acids is 2. The highest BCUT2D eigenvalue weighted by Gasteiger charge is 2.52. The fourth-order valence-electron chi connectivity index (χ4n) is 1.76. The van der Waals surface area contributed by atoms with Gasteiger partial charge in [-0.2, -0.15) is 0 Å². The Morgan fingerprint density at radius 2 is 0.923 bits per heavy atom. The van der Waals surface area contributed by atoms with Crippen molar-refractivity contribution in [2.75, 3.05) is 0 Å². The molecule has 0 rings (SSSR count). The average molecular weight is 182 g/mol. The van der Waals surface area contributed by atoms with E-state index in [0.717, 1.165) is 0 Å². The molecule has 0 spiro atoms. The molecule has 0 bridgehead atoms. The van der Waals surface area contributed by atoms with Crippen molar-refractivity contribution in [3.8, 4) is 0 Å². The van der Waals surface area contributed by atoms with E-state index < -0.39 is 16.2 Å². The van der Waals surface area contributed by atoms with Crippen molar-refractivity contribution in [2.24, 2.45) is 16.2 Å². The first-order valence-corrected chi connectivity index (χ1v) is 4.41. The predicted molar refractivity (Wildman–Crippen MR) is 52.7 cm³/mol. The lowest BCUT2D eigenvalue weighted by molar-refractivity contribution is 0.101. The Morgan fingerprint density at radius 3 is 0.923 bits per heavy atom. The molecule has 0 saturated heterocycles. The van der Waals surface area contributed by atoms with Gasteiger partial charge in [-0.15, -0.1) is 0 Å². The zero-order valence-electron chi connectivity index (χ0n) is 9.32. The van der Waals surface area contributed by atoms with Gasteiger partial charge in [-0.3, -0.25) is 9.59 Å². The first-order valence-electron chi connectivity index (χ1n) is 4.41. The van der Waals surface area contributed by atoms with Gasteiger partial charge in [0.1, 0.15) is 5.41 Å². The topological polar surface area (TPSA) is 34.1 Å². The Labute approximate surface area is 80.7 Å². The molecule has 74 valence electrons. The molecule has 0 aromatic rings. The molecule has 0 atom stereocenters. The fraction of sp³-hybridized carbons (Fsp3) is 0.818. The summed E-state index contributed by atoms with van der Waals surface area (Å²) in [5, 5.41) is 0. The Bertz CT molecular complexity index is 179. The Kier molecular flexibility index (Phi) is 3.08. The molecule has 0 aliphatic rings. The van der Waals surface area contributed by atoms with Crippen LogP contribution in [-0.4, -0.2) is 12.6 Å². The smallest absolute Gasteiger partial charge is 0.214 e. The maximum absolute atomic E-state index is 11.0. The van der Waals surface area contributed by atoms with Crippen LogP contribution in [0.5, 0.6) is 0 Å². The first-order chi connectivity index (χ1) is 5.62. The largest absolute Gasteiger partial charge is 0.290 e. The van der Waals surface area contributed by atoms with E-state index in [1.807, 2.05) is 54.1 Å². The van der Waals surface area contributed by atoms with Crippen LogP contribution in [-0.2, 0) is 9.59 Å². The fourth-order valence-corrected chi connectivity index (χ4v) is 1.76. The molecule has 0 aliphatic heterocycles. The highest BCUT2D eigenvalue weighted by atomic mass is 16.1. The van der Waals surface area contributed by atoms with Gasteiger partial charge in [-0.05, 0) is 10.8 Å². The average Bonchev–Trinajstić information content (AvgIpc) is 1.84. The van der Waals surface area contributed by atoms with Gasteiger partial charge in [0.2, 0.25) is 12.6 Å². The number of rotatable bonds is 2.